The molecular weight excluding hydrogens is 340 g/mol. The highest BCUT2D eigenvalue weighted by Crippen LogP contribution is 2.70. The number of hydrogen-bond donors (Lipinski definition) is 0. The van der Waals surface area contributed by atoms with E-state index in [1.54, 1.807) is 0 Å². The molecule has 0 spiro atoms. The van der Waals surface area contributed by atoms with Gasteiger partial charge in [0.2, 0.25) is 0 Å². The molecule has 0 N–H and O–H groups in total. The van der Waals surface area contributed by atoms with Crippen LogP contribution in [0.2, 0.25) is 0 Å². The number of fused-ring (bicyclic) bond motifs is 7. The quantitative estimate of drug-likeness (QED) is 0.488. The van der Waals surface area contributed by atoms with Crippen LogP contribution < -0.4 is 0 Å². The zero-order valence-corrected chi connectivity index (χ0v) is 19.4. The molecule has 5 aliphatic rings. The minimum atomic E-state index is 0.541. The minimum absolute atomic E-state index is 0.541. The van der Waals surface area contributed by atoms with Gasteiger partial charge in [0.05, 0.1) is 12.2 Å². The summed E-state index contributed by atoms with van der Waals surface area (Å²) in [5.74, 6) is 6.45. The van der Waals surface area contributed by atoms with Crippen LogP contribution in [0.25, 0.3) is 0 Å². The molecule has 0 aromatic rings. The molecule has 1 heterocycles. The Labute approximate surface area is 174 Å². The normalized spacial score (nSPS) is 55.5. The predicted molar refractivity (Wildman–Crippen MR) is 117 cm³/mol. The molecule has 1 nitrogen and oxygen atoms in total. The summed E-state index contributed by atoms with van der Waals surface area (Å²) < 4.78 is 6.82. The van der Waals surface area contributed by atoms with E-state index < -0.39 is 0 Å². The molecule has 1 saturated heterocycles. The summed E-state index contributed by atoms with van der Waals surface area (Å²) >= 11 is 0. The lowest BCUT2D eigenvalue weighted by Gasteiger charge is -2.60. The van der Waals surface area contributed by atoms with Crippen LogP contribution in [0.5, 0.6) is 0 Å². The molecular formula is C27H46O. The molecule has 0 aromatic carbocycles. The highest BCUT2D eigenvalue weighted by atomic mass is 16.5. The molecule has 0 bridgehead atoms. The van der Waals surface area contributed by atoms with Gasteiger partial charge >= 0.3 is 0 Å². The zero-order valence-electron chi connectivity index (χ0n) is 19.4. The van der Waals surface area contributed by atoms with Gasteiger partial charge in [-0.2, -0.15) is 0 Å². The van der Waals surface area contributed by atoms with Crippen molar-refractivity contribution in [3.8, 4) is 0 Å². The smallest absolute Gasteiger partial charge is 0.0618 e. The monoisotopic (exact) mass is 386 g/mol. The summed E-state index contributed by atoms with van der Waals surface area (Å²) in [4.78, 5) is 0. The standard InChI is InChI=1S/C27H46O/c1-17(2)9-12-23-18(3)25-24(28-23)16-22-20-11-10-19-8-6-7-14-26(19,4)21(20)13-15-27(22,25)5/h17-25H,6-16H2,1-5H3/t18-,19-,20-,21+,22+,23?,24+,25+,26+,27+/m1/s1. The predicted octanol–water partition coefficient (Wildman–Crippen LogP) is 7.49. The van der Waals surface area contributed by atoms with Gasteiger partial charge in [-0.15, -0.1) is 0 Å². The molecule has 5 fully saturated rings. The molecule has 1 heteroatoms. The van der Waals surface area contributed by atoms with E-state index in [4.69, 9.17) is 4.74 Å². The van der Waals surface area contributed by atoms with E-state index >= 15 is 0 Å². The minimum Gasteiger partial charge on any atom is -0.374 e. The van der Waals surface area contributed by atoms with Crippen molar-refractivity contribution in [3.63, 3.8) is 0 Å². The van der Waals surface area contributed by atoms with Gasteiger partial charge in [0.15, 0.2) is 0 Å². The first kappa shape index (κ1) is 19.9. The van der Waals surface area contributed by atoms with E-state index in [1.165, 1.54) is 70.6 Å². The van der Waals surface area contributed by atoms with Gasteiger partial charge in [-0.1, -0.05) is 47.5 Å². The molecule has 28 heavy (non-hydrogen) atoms. The maximum Gasteiger partial charge on any atom is 0.0618 e. The molecule has 4 aliphatic carbocycles. The Hall–Kier alpha value is -0.0400. The molecule has 1 unspecified atom stereocenters. The van der Waals surface area contributed by atoms with Crippen LogP contribution in [0.1, 0.15) is 105 Å². The average molecular weight is 387 g/mol. The third kappa shape index (κ3) is 2.80. The Morgan fingerprint density at radius 1 is 0.929 bits per heavy atom. The lowest BCUT2D eigenvalue weighted by Crippen LogP contribution is -2.53. The summed E-state index contributed by atoms with van der Waals surface area (Å²) in [6.07, 6.45) is 17.3. The topological polar surface area (TPSA) is 9.23 Å². The lowest BCUT2D eigenvalue weighted by molar-refractivity contribution is -0.115. The second-order valence-electron chi connectivity index (χ2n) is 12.8. The van der Waals surface area contributed by atoms with E-state index in [0.29, 0.717) is 23.0 Å². The second-order valence-corrected chi connectivity index (χ2v) is 12.8. The van der Waals surface area contributed by atoms with Crippen LogP contribution in [0.15, 0.2) is 0 Å². The van der Waals surface area contributed by atoms with Gasteiger partial charge < -0.3 is 4.74 Å². The largest absolute Gasteiger partial charge is 0.374 e. The van der Waals surface area contributed by atoms with E-state index in [2.05, 4.69) is 34.6 Å². The summed E-state index contributed by atoms with van der Waals surface area (Å²) in [5.41, 5.74) is 1.24. The second kappa shape index (κ2) is 7.00. The van der Waals surface area contributed by atoms with Gasteiger partial charge in [0.25, 0.3) is 0 Å². The summed E-state index contributed by atoms with van der Waals surface area (Å²) in [7, 11) is 0. The van der Waals surface area contributed by atoms with Crippen molar-refractivity contribution >= 4 is 0 Å². The van der Waals surface area contributed by atoms with Crippen molar-refractivity contribution in [2.45, 2.75) is 117 Å². The highest BCUT2D eigenvalue weighted by molar-refractivity contribution is 5.13. The van der Waals surface area contributed by atoms with E-state index in [-0.39, 0.29) is 0 Å². The molecule has 160 valence electrons. The average Bonchev–Trinajstić information content (AvgIpc) is 3.13. The molecule has 5 rings (SSSR count). The Kier molecular flexibility index (Phi) is 4.97. The third-order valence-corrected chi connectivity index (χ3v) is 11.2. The fourth-order valence-corrected chi connectivity index (χ4v) is 9.81. The highest BCUT2D eigenvalue weighted by Gasteiger charge is 2.65. The maximum atomic E-state index is 6.82. The lowest BCUT2D eigenvalue weighted by atomic mass is 9.44. The van der Waals surface area contributed by atoms with Crippen LogP contribution in [-0.2, 0) is 4.74 Å². The number of ether oxygens (including phenoxy) is 1. The molecule has 4 saturated carbocycles. The van der Waals surface area contributed by atoms with Gasteiger partial charge in [0, 0.05) is 0 Å². The van der Waals surface area contributed by atoms with Crippen LogP contribution in [0.3, 0.4) is 0 Å². The third-order valence-electron chi connectivity index (χ3n) is 11.2. The molecule has 0 radical (unpaired) electrons. The van der Waals surface area contributed by atoms with Gasteiger partial charge in [-0.25, -0.2) is 0 Å². The Morgan fingerprint density at radius 3 is 2.54 bits per heavy atom. The first-order valence-corrected chi connectivity index (χ1v) is 13.0. The summed E-state index contributed by atoms with van der Waals surface area (Å²) in [6, 6.07) is 0. The maximum absolute atomic E-state index is 6.82. The van der Waals surface area contributed by atoms with Crippen LogP contribution in [0, 0.1) is 52.3 Å². The first-order valence-electron chi connectivity index (χ1n) is 13.0. The van der Waals surface area contributed by atoms with E-state index in [0.717, 1.165) is 41.4 Å². The van der Waals surface area contributed by atoms with Crippen molar-refractivity contribution < 1.29 is 4.74 Å². The van der Waals surface area contributed by atoms with Crippen molar-refractivity contribution in [3.05, 3.63) is 0 Å². The molecule has 10 atom stereocenters. The van der Waals surface area contributed by atoms with E-state index in [9.17, 15) is 0 Å². The molecule has 0 amide bonds. The summed E-state index contributed by atoms with van der Waals surface area (Å²) in [6.45, 7) is 12.7. The fourth-order valence-electron chi connectivity index (χ4n) is 9.81. The Morgan fingerprint density at radius 2 is 1.75 bits per heavy atom. The molecule has 0 aromatic heterocycles. The van der Waals surface area contributed by atoms with Crippen molar-refractivity contribution in [1.29, 1.82) is 0 Å². The zero-order chi connectivity index (χ0) is 19.7. The first-order chi connectivity index (χ1) is 13.3. The Bertz CT molecular complexity index is 583. The van der Waals surface area contributed by atoms with Crippen LogP contribution >= 0.6 is 0 Å². The Balaban J connectivity index is 1.35. The molecule has 1 aliphatic heterocycles. The van der Waals surface area contributed by atoms with Gasteiger partial charge in [-0.05, 0) is 110 Å². The van der Waals surface area contributed by atoms with E-state index in [1.807, 2.05) is 0 Å². The number of rotatable bonds is 3. The van der Waals surface area contributed by atoms with Crippen LogP contribution in [0.4, 0.5) is 0 Å². The van der Waals surface area contributed by atoms with Crippen molar-refractivity contribution in [1.82, 2.24) is 0 Å². The summed E-state index contributed by atoms with van der Waals surface area (Å²) in [5, 5.41) is 0. The van der Waals surface area contributed by atoms with Crippen molar-refractivity contribution in [2.75, 3.05) is 0 Å². The SMILES string of the molecule is CC(C)CCC1O[C@H]2C[C@H]3[C@@H]4CC[C@H]5CCCC[C@]5(C)[C@H]4CC[C@]3(C)[C@H]2[C@@H]1C. The van der Waals surface area contributed by atoms with Gasteiger partial charge in [-0.3, -0.25) is 0 Å². The van der Waals surface area contributed by atoms with Crippen LogP contribution in [-0.4, -0.2) is 12.2 Å². The van der Waals surface area contributed by atoms with Gasteiger partial charge in [0.1, 0.15) is 0 Å². The number of hydrogen-bond acceptors (Lipinski definition) is 1. The fraction of sp³-hybridized carbons (Fsp3) is 1.00. The van der Waals surface area contributed by atoms with Crippen molar-refractivity contribution in [2.24, 2.45) is 52.3 Å².